The zero-order chi connectivity index (χ0) is 15.4. The highest BCUT2D eigenvalue weighted by Gasteiger charge is 2.29. The Labute approximate surface area is 125 Å². The predicted molar refractivity (Wildman–Crippen MR) is 81.9 cm³/mol. The number of amides is 1. The van der Waals surface area contributed by atoms with Crippen LogP contribution in [0.25, 0.3) is 0 Å². The molecule has 116 valence electrons. The van der Waals surface area contributed by atoms with Gasteiger partial charge in [-0.3, -0.25) is 4.79 Å². The van der Waals surface area contributed by atoms with Crippen LogP contribution in [0.5, 0.6) is 0 Å². The molecule has 0 spiro atoms. The molecule has 21 heavy (non-hydrogen) atoms. The molecular formula is C16H24FN3O. The van der Waals surface area contributed by atoms with Crippen LogP contribution in [0.1, 0.15) is 49.9 Å². The van der Waals surface area contributed by atoms with Crippen molar-refractivity contribution in [1.29, 1.82) is 0 Å². The van der Waals surface area contributed by atoms with Gasteiger partial charge in [0.2, 0.25) is 0 Å². The average molecular weight is 293 g/mol. The van der Waals surface area contributed by atoms with E-state index in [-0.39, 0.29) is 11.9 Å². The monoisotopic (exact) mass is 293 g/mol. The molecule has 1 saturated carbocycles. The number of hydrogen-bond acceptors (Lipinski definition) is 3. The lowest BCUT2D eigenvalue weighted by Gasteiger charge is -2.36. The molecule has 1 aromatic rings. The minimum atomic E-state index is -0.481. The molecule has 4 nitrogen and oxygen atoms in total. The van der Waals surface area contributed by atoms with Gasteiger partial charge in [-0.05, 0) is 31.7 Å². The topological polar surface area (TPSA) is 45.2 Å². The van der Waals surface area contributed by atoms with E-state index in [1.165, 1.54) is 12.5 Å². The van der Waals surface area contributed by atoms with Crippen molar-refractivity contribution in [2.24, 2.45) is 5.92 Å². The van der Waals surface area contributed by atoms with Gasteiger partial charge < -0.3 is 10.2 Å². The molecule has 1 aliphatic rings. The van der Waals surface area contributed by atoms with E-state index in [9.17, 15) is 9.18 Å². The number of anilines is 1. The van der Waals surface area contributed by atoms with Gasteiger partial charge >= 0.3 is 0 Å². The summed E-state index contributed by atoms with van der Waals surface area (Å²) in [6.45, 7) is 4.75. The molecule has 2 atom stereocenters. The molecule has 0 aromatic carbocycles. The summed E-state index contributed by atoms with van der Waals surface area (Å²) < 4.78 is 13.5. The van der Waals surface area contributed by atoms with Crippen LogP contribution >= 0.6 is 0 Å². The van der Waals surface area contributed by atoms with E-state index >= 15 is 0 Å². The number of nitrogens with one attached hydrogen (secondary N) is 1. The van der Waals surface area contributed by atoms with Gasteiger partial charge in [-0.15, -0.1) is 0 Å². The fourth-order valence-corrected chi connectivity index (χ4v) is 3.12. The summed E-state index contributed by atoms with van der Waals surface area (Å²) in [5, 5.41) is 3.03. The zero-order valence-electron chi connectivity index (χ0n) is 13.0. The van der Waals surface area contributed by atoms with Crippen molar-refractivity contribution in [3.63, 3.8) is 0 Å². The van der Waals surface area contributed by atoms with Crippen molar-refractivity contribution in [1.82, 2.24) is 9.88 Å². The average Bonchev–Trinajstić information content (AvgIpc) is 2.48. The summed E-state index contributed by atoms with van der Waals surface area (Å²) in [6, 6.07) is 1.50. The molecule has 1 aliphatic carbocycles. The molecule has 0 bridgehead atoms. The summed E-state index contributed by atoms with van der Waals surface area (Å²) >= 11 is 0. The summed E-state index contributed by atoms with van der Waals surface area (Å²) in [7, 11) is 1.81. The first kappa shape index (κ1) is 15.7. The molecule has 0 radical (unpaired) electrons. The summed E-state index contributed by atoms with van der Waals surface area (Å²) in [4.78, 5) is 18.5. The largest absolute Gasteiger partial charge is 0.370 e. The second-order valence-corrected chi connectivity index (χ2v) is 5.83. The molecule has 0 aliphatic heterocycles. The summed E-state index contributed by atoms with van der Waals surface area (Å²) in [5.74, 6) is 0.304. The molecule has 2 unspecified atom stereocenters. The lowest BCUT2D eigenvalue weighted by atomic mass is 9.85. The molecule has 1 heterocycles. The Bertz CT molecular complexity index is 506. The number of pyridine rings is 1. The molecule has 1 N–H and O–H groups in total. The van der Waals surface area contributed by atoms with Gasteiger partial charge in [0.1, 0.15) is 11.6 Å². The van der Waals surface area contributed by atoms with Crippen molar-refractivity contribution in [3.8, 4) is 0 Å². The van der Waals surface area contributed by atoms with Crippen LogP contribution < -0.4 is 5.32 Å². The zero-order valence-corrected chi connectivity index (χ0v) is 13.0. The molecule has 1 fully saturated rings. The highest BCUT2D eigenvalue weighted by molar-refractivity contribution is 5.98. The lowest BCUT2D eigenvalue weighted by Crippen LogP contribution is -2.43. The van der Waals surface area contributed by atoms with Crippen molar-refractivity contribution in [2.75, 3.05) is 18.9 Å². The minimum absolute atomic E-state index is 0.156. The van der Waals surface area contributed by atoms with Gasteiger partial charge in [0, 0.05) is 19.6 Å². The second-order valence-electron chi connectivity index (χ2n) is 5.83. The predicted octanol–water partition coefficient (Wildman–Crippen LogP) is 3.30. The van der Waals surface area contributed by atoms with Crippen LogP contribution in [0, 0.1) is 11.7 Å². The Hall–Kier alpha value is -1.65. The van der Waals surface area contributed by atoms with Crippen molar-refractivity contribution in [3.05, 3.63) is 23.6 Å². The molecule has 2 rings (SSSR count). The third kappa shape index (κ3) is 3.52. The maximum atomic E-state index is 13.5. The quantitative estimate of drug-likeness (QED) is 0.926. The van der Waals surface area contributed by atoms with E-state index in [0.29, 0.717) is 23.8 Å². The van der Waals surface area contributed by atoms with Gasteiger partial charge in [0.05, 0.1) is 11.8 Å². The van der Waals surface area contributed by atoms with Crippen LogP contribution in [0.15, 0.2) is 12.3 Å². The standard InChI is InChI=1S/C16H24FN3O/c1-4-18-15-13(9-12(17)10-19-15)16(21)20(3)14-8-6-5-7-11(14)2/h9-11,14H,4-8H2,1-3H3,(H,18,19). The first-order chi connectivity index (χ1) is 10.0. The first-order valence-electron chi connectivity index (χ1n) is 7.71. The summed E-state index contributed by atoms with van der Waals surface area (Å²) in [6.07, 6.45) is 5.67. The molecule has 1 aromatic heterocycles. The maximum Gasteiger partial charge on any atom is 0.257 e. The number of rotatable bonds is 4. The maximum absolute atomic E-state index is 13.5. The van der Waals surface area contributed by atoms with Gasteiger partial charge in [0.15, 0.2) is 0 Å². The van der Waals surface area contributed by atoms with Gasteiger partial charge in [-0.2, -0.15) is 0 Å². The first-order valence-corrected chi connectivity index (χ1v) is 7.71. The van der Waals surface area contributed by atoms with Crippen molar-refractivity contribution >= 4 is 11.7 Å². The highest BCUT2D eigenvalue weighted by Crippen LogP contribution is 2.29. The van der Waals surface area contributed by atoms with E-state index in [1.54, 1.807) is 4.90 Å². The number of carbonyl (C=O) groups excluding carboxylic acids is 1. The Morgan fingerprint density at radius 1 is 1.48 bits per heavy atom. The number of halogens is 1. The van der Waals surface area contributed by atoms with Crippen LogP contribution in [-0.4, -0.2) is 35.4 Å². The SMILES string of the molecule is CCNc1ncc(F)cc1C(=O)N(C)C1CCCCC1C. The Kier molecular flexibility index (Phi) is 5.15. The number of aromatic nitrogens is 1. The normalized spacial score (nSPS) is 21.9. The van der Waals surface area contributed by atoms with Crippen LogP contribution in [0.3, 0.4) is 0 Å². The van der Waals surface area contributed by atoms with Gasteiger partial charge in [0.25, 0.3) is 5.91 Å². The van der Waals surface area contributed by atoms with E-state index in [2.05, 4.69) is 17.2 Å². The van der Waals surface area contributed by atoms with E-state index in [1.807, 2.05) is 14.0 Å². The van der Waals surface area contributed by atoms with Crippen LogP contribution in [-0.2, 0) is 0 Å². The third-order valence-electron chi connectivity index (χ3n) is 4.31. The van der Waals surface area contributed by atoms with E-state index in [0.717, 1.165) is 25.5 Å². The Morgan fingerprint density at radius 2 is 2.19 bits per heavy atom. The van der Waals surface area contributed by atoms with Crippen molar-refractivity contribution < 1.29 is 9.18 Å². The molecule has 5 heteroatoms. The smallest absolute Gasteiger partial charge is 0.257 e. The van der Waals surface area contributed by atoms with Gasteiger partial charge in [-0.25, -0.2) is 9.37 Å². The third-order valence-corrected chi connectivity index (χ3v) is 4.31. The van der Waals surface area contributed by atoms with Gasteiger partial charge in [-0.1, -0.05) is 19.8 Å². The Morgan fingerprint density at radius 3 is 2.86 bits per heavy atom. The number of hydrogen-bond donors (Lipinski definition) is 1. The minimum Gasteiger partial charge on any atom is -0.370 e. The second kappa shape index (κ2) is 6.87. The Balaban J connectivity index is 2.23. The number of nitrogens with zero attached hydrogens (tertiary/aromatic N) is 2. The van der Waals surface area contributed by atoms with Crippen LogP contribution in [0.4, 0.5) is 10.2 Å². The molecule has 1 amide bonds. The van der Waals surface area contributed by atoms with Crippen LogP contribution in [0.2, 0.25) is 0 Å². The lowest BCUT2D eigenvalue weighted by molar-refractivity contribution is 0.0629. The highest BCUT2D eigenvalue weighted by atomic mass is 19.1. The fraction of sp³-hybridized carbons (Fsp3) is 0.625. The molecular weight excluding hydrogens is 269 g/mol. The number of carbonyl (C=O) groups is 1. The molecule has 0 saturated heterocycles. The van der Waals surface area contributed by atoms with Crippen molar-refractivity contribution in [2.45, 2.75) is 45.6 Å². The van der Waals surface area contributed by atoms with E-state index < -0.39 is 5.82 Å². The fourth-order valence-electron chi connectivity index (χ4n) is 3.12. The summed E-state index contributed by atoms with van der Waals surface area (Å²) in [5.41, 5.74) is 0.317. The van der Waals surface area contributed by atoms with E-state index in [4.69, 9.17) is 0 Å².